The molecule has 1 aliphatic rings. The van der Waals surface area contributed by atoms with Crippen LogP contribution in [0.3, 0.4) is 0 Å². The van der Waals surface area contributed by atoms with Crippen molar-refractivity contribution >= 4 is 5.91 Å². The smallest absolute Gasteiger partial charge is 0.273 e. The van der Waals surface area contributed by atoms with Crippen LogP contribution in [0.25, 0.3) is 0 Å². The van der Waals surface area contributed by atoms with E-state index in [2.05, 4.69) is 15.4 Å². The predicted octanol–water partition coefficient (Wildman–Crippen LogP) is 2.52. The number of nitrogens with one attached hydrogen (secondary N) is 1. The molecule has 0 saturated heterocycles. The Kier molecular flexibility index (Phi) is 4.64. The van der Waals surface area contributed by atoms with E-state index in [1.54, 1.807) is 29.1 Å². The van der Waals surface area contributed by atoms with Gasteiger partial charge in [-0.05, 0) is 26.0 Å². The maximum Gasteiger partial charge on any atom is 0.273 e. The summed E-state index contributed by atoms with van der Waals surface area (Å²) in [6.45, 7) is 4.14. The topological polar surface area (TPSA) is 101 Å². The third-order valence-corrected chi connectivity index (χ3v) is 4.58. The zero-order valence-corrected chi connectivity index (χ0v) is 15.8. The average Bonchev–Trinajstić information content (AvgIpc) is 3.40. The molecular formula is C19H20N4O5. The highest BCUT2D eigenvalue weighted by atomic mass is 16.7. The van der Waals surface area contributed by atoms with E-state index in [0.717, 1.165) is 11.3 Å². The summed E-state index contributed by atoms with van der Waals surface area (Å²) in [5.74, 6) is 1.88. The van der Waals surface area contributed by atoms with Gasteiger partial charge in [0.05, 0.1) is 12.2 Å². The zero-order valence-electron chi connectivity index (χ0n) is 15.8. The van der Waals surface area contributed by atoms with E-state index in [9.17, 15) is 4.79 Å². The number of ether oxygens (including phenoxy) is 3. The number of carbonyl (C=O) groups is 1. The van der Waals surface area contributed by atoms with Gasteiger partial charge in [0.2, 0.25) is 12.7 Å². The molecule has 9 nitrogen and oxygen atoms in total. The van der Waals surface area contributed by atoms with Crippen LogP contribution >= 0.6 is 0 Å². The number of aromatic nitrogens is 3. The Morgan fingerprint density at radius 3 is 2.96 bits per heavy atom. The fraction of sp³-hybridized carbons (Fsp3) is 0.316. The molecule has 4 rings (SSSR count). The van der Waals surface area contributed by atoms with Gasteiger partial charge in [0.15, 0.2) is 23.8 Å². The predicted molar refractivity (Wildman–Crippen MR) is 97.2 cm³/mol. The number of nitrogens with zero attached hydrogens (tertiary/aromatic N) is 3. The van der Waals surface area contributed by atoms with Crippen molar-refractivity contribution in [3.05, 3.63) is 53.5 Å². The third-order valence-electron chi connectivity index (χ3n) is 4.58. The maximum atomic E-state index is 12.4. The highest BCUT2D eigenvalue weighted by molar-refractivity contribution is 5.92. The second-order valence-electron chi connectivity index (χ2n) is 6.43. The molecule has 0 fully saturated rings. The molecule has 1 amide bonds. The van der Waals surface area contributed by atoms with Crippen molar-refractivity contribution in [1.82, 2.24) is 20.1 Å². The van der Waals surface area contributed by atoms with E-state index in [4.69, 9.17) is 18.6 Å². The second kappa shape index (κ2) is 7.26. The van der Waals surface area contributed by atoms with E-state index in [-0.39, 0.29) is 31.0 Å². The molecule has 146 valence electrons. The van der Waals surface area contributed by atoms with Crippen molar-refractivity contribution in [2.45, 2.75) is 26.5 Å². The van der Waals surface area contributed by atoms with E-state index in [1.807, 2.05) is 20.9 Å². The molecule has 1 unspecified atom stereocenters. The largest absolute Gasteiger partial charge is 0.484 e. The molecule has 1 aromatic carbocycles. The Labute approximate surface area is 161 Å². The summed E-state index contributed by atoms with van der Waals surface area (Å²) in [6, 6.07) is 5.07. The number of amides is 1. The molecule has 2 aromatic heterocycles. The van der Waals surface area contributed by atoms with Crippen molar-refractivity contribution in [3.8, 4) is 17.2 Å². The van der Waals surface area contributed by atoms with Crippen LogP contribution in [0.2, 0.25) is 0 Å². The summed E-state index contributed by atoms with van der Waals surface area (Å²) in [7, 11) is 1.86. The minimum absolute atomic E-state index is 0.0875. The maximum absolute atomic E-state index is 12.4. The summed E-state index contributed by atoms with van der Waals surface area (Å²) in [5.41, 5.74) is 2.13. The Balaban J connectivity index is 1.36. The number of rotatable bonds is 6. The monoisotopic (exact) mass is 384 g/mol. The van der Waals surface area contributed by atoms with Gasteiger partial charge >= 0.3 is 0 Å². The van der Waals surface area contributed by atoms with Gasteiger partial charge in [-0.3, -0.25) is 9.48 Å². The first-order chi connectivity index (χ1) is 13.5. The van der Waals surface area contributed by atoms with Crippen molar-refractivity contribution in [3.63, 3.8) is 0 Å². The molecule has 0 aliphatic carbocycles. The number of oxazole rings is 1. The lowest BCUT2D eigenvalue weighted by Crippen LogP contribution is -2.27. The lowest BCUT2D eigenvalue weighted by molar-refractivity contribution is 0.0934. The van der Waals surface area contributed by atoms with Crippen LogP contribution in [0.5, 0.6) is 17.2 Å². The molecule has 1 N–H and O–H groups in total. The standard InChI is InChI=1S/C19H20N4O5/c1-11(14-7-20-23(3)12(14)2)21-19(24)15-8-26-18(22-15)9-25-13-4-5-16-17(6-13)28-10-27-16/h4-8,11H,9-10H2,1-3H3,(H,21,24). The van der Waals surface area contributed by atoms with Crippen LogP contribution in [0, 0.1) is 6.92 Å². The summed E-state index contributed by atoms with van der Waals surface area (Å²) in [6.07, 6.45) is 3.06. The quantitative estimate of drug-likeness (QED) is 0.697. The van der Waals surface area contributed by atoms with E-state index >= 15 is 0 Å². The normalized spacial score (nSPS) is 13.4. The summed E-state index contributed by atoms with van der Waals surface area (Å²) < 4.78 is 23.3. The van der Waals surface area contributed by atoms with Gasteiger partial charge < -0.3 is 23.9 Å². The average molecular weight is 384 g/mol. The van der Waals surface area contributed by atoms with E-state index in [0.29, 0.717) is 23.1 Å². The van der Waals surface area contributed by atoms with Gasteiger partial charge in [-0.15, -0.1) is 0 Å². The van der Waals surface area contributed by atoms with Crippen LogP contribution in [0.15, 0.2) is 35.1 Å². The Hall–Kier alpha value is -3.49. The number of aryl methyl sites for hydroxylation is 1. The second-order valence-corrected chi connectivity index (χ2v) is 6.43. The first kappa shape index (κ1) is 17.9. The molecule has 9 heteroatoms. The minimum Gasteiger partial charge on any atom is -0.484 e. The van der Waals surface area contributed by atoms with Crippen LogP contribution in [0.4, 0.5) is 0 Å². The van der Waals surface area contributed by atoms with E-state index in [1.165, 1.54) is 6.26 Å². The van der Waals surface area contributed by atoms with Crippen LogP contribution in [-0.4, -0.2) is 27.5 Å². The Morgan fingerprint density at radius 1 is 1.36 bits per heavy atom. The van der Waals surface area contributed by atoms with Crippen molar-refractivity contribution in [2.24, 2.45) is 7.05 Å². The van der Waals surface area contributed by atoms with Crippen LogP contribution < -0.4 is 19.5 Å². The lowest BCUT2D eigenvalue weighted by atomic mass is 10.1. The molecule has 1 atom stereocenters. The molecule has 0 saturated carbocycles. The highest BCUT2D eigenvalue weighted by Crippen LogP contribution is 2.35. The zero-order chi connectivity index (χ0) is 19.7. The van der Waals surface area contributed by atoms with Gasteiger partial charge in [-0.25, -0.2) is 4.98 Å². The van der Waals surface area contributed by atoms with Gasteiger partial charge in [-0.2, -0.15) is 5.10 Å². The molecule has 1 aliphatic heterocycles. The fourth-order valence-corrected chi connectivity index (χ4v) is 2.88. The Morgan fingerprint density at radius 2 is 2.18 bits per heavy atom. The lowest BCUT2D eigenvalue weighted by Gasteiger charge is -2.12. The molecule has 3 aromatic rings. The van der Waals surface area contributed by atoms with Crippen LogP contribution in [-0.2, 0) is 13.7 Å². The van der Waals surface area contributed by atoms with Gasteiger partial charge in [0, 0.05) is 24.4 Å². The molecule has 3 heterocycles. The Bertz CT molecular complexity index is 1010. The molecular weight excluding hydrogens is 364 g/mol. The van der Waals surface area contributed by atoms with Gasteiger partial charge in [0.1, 0.15) is 12.0 Å². The SMILES string of the molecule is Cc1c(C(C)NC(=O)c2coc(COc3ccc4c(c3)OCO4)n2)cnn1C. The summed E-state index contributed by atoms with van der Waals surface area (Å²) >= 11 is 0. The summed E-state index contributed by atoms with van der Waals surface area (Å²) in [4.78, 5) is 16.6. The first-order valence-electron chi connectivity index (χ1n) is 8.77. The fourth-order valence-electron chi connectivity index (χ4n) is 2.88. The minimum atomic E-state index is -0.325. The van der Waals surface area contributed by atoms with Gasteiger partial charge in [0.25, 0.3) is 5.91 Å². The third kappa shape index (κ3) is 3.51. The molecule has 28 heavy (non-hydrogen) atoms. The number of hydrogen-bond acceptors (Lipinski definition) is 7. The highest BCUT2D eigenvalue weighted by Gasteiger charge is 2.19. The van der Waals surface area contributed by atoms with Crippen molar-refractivity contribution < 1.29 is 23.4 Å². The first-order valence-corrected chi connectivity index (χ1v) is 8.77. The number of fused-ring (bicyclic) bond motifs is 1. The molecule has 0 spiro atoms. The number of carbonyl (C=O) groups excluding carboxylic acids is 1. The number of hydrogen-bond donors (Lipinski definition) is 1. The molecule has 0 bridgehead atoms. The van der Waals surface area contributed by atoms with Gasteiger partial charge in [-0.1, -0.05) is 0 Å². The molecule has 0 radical (unpaired) electrons. The summed E-state index contributed by atoms with van der Waals surface area (Å²) in [5, 5.41) is 7.09. The van der Waals surface area contributed by atoms with E-state index < -0.39 is 0 Å². The van der Waals surface area contributed by atoms with Crippen molar-refractivity contribution in [1.29, 1.82) is 0 Å². The van der Waals surface area contributed by atoms with Crippen LogP contribution in [0.1, 0.15) is 40.6 Å². The number of benzene rings is 1. The van der Waals surface area contributed by atoms with Crippen molar-refractivity contribution in [2.75, 3.05) is 6.79 Å².